The molecule has 0 bridgehead atoms. The van der Waals surface area contributed by atoms with E-state index in [4.69, 9.17) is 27.9 Å². The van der Waals surface area contributed by atoms with Gasteiger partial charge in [-0.15, -0.1) is 12.3 Å². The molecule has 0 aromatic heterocycles. The lowest BCUT2D eigenvalue weighted by Crippen LogP contribution is -2.40. The van der Waals surface area contributed by atoms with E-state index in [1.165, 1.54) is 0 Å². The fourth-order valence-corrected chi connectivity index (χ4v) is 1.58. The summed E-state index contributed by atoms with van der Waals surface area (Å²) in [5.74, 6) is 1.15. The summed E-state index contributed by atoms with van der Waals surface area (Å²) in [6, 6.07) is 5.70. The molecule has 1 unspecified atom stereocenters. The fourth-order valence-electron chi connectivity index (χ4n) is 1.40. The number of carbonyl (C=O) groups is 2. The van der Waals surface area contributed by atoms with Crippen LogP contribution in [0.1, 0.15) is 12.8 Å². The van der Waals surface area contributed by atoms with Gasteiger partial charge in [0.25, 0.3) is 0 Å². The van der Waals surface area contributed by atoms with Crippen molar-refractivity contribution in [1.82, 2.24) is 5.32 Å². The summed E-state index contributed by atoms with van der Waals surface area (Å²) in [5, 5.41) is 11.7. The van der Waals surface area contributed by atoms with Gasteiger partial charge >= 0.3 is 5.97 Å². The van der Waals surface area contributed by atoms with Gasteiger partial charge in [0.05, 0.1) is 13.0 Å². The quantitative estimate of drug-likeness (QED) is 0.751. The van der Waals surface area contributed by atoms with Crippen LogP contribution >= 0.6 is 11.6 Å². The molecule has 1 amide bonds. The molecule has 1 rings (SSSR count). The van der Waals surface area contributed by atoms with Crippen molar-refractivity contribution in [1.29, 1.82) is 0 Å². The molecule has 0 aliphatic rings. The Morgan fingerprint density at radius 2 is 2.25 bits per heavy atom. The Bertz CT molecular complexity index is 524. The normalized spacial score (nSPS) is 11.2. The molecule has 0 radical (unpaired) electrons. The summed E-state index contributed by atoms with van der Waals surface area (Å²) in [7, 11) is 0. The molecule has 1 atom stereocenters. The summed E-state index contributed by atoms with van der Waals surface area (Å²) in [5.41, 5.74) is 0. The Hall–Kier alpha value is -2.19. The van der Waals surface area contributed by atoms with E-state index in [-0.39, 0.29) is 19.4 Å². The summed E-state index contributed by atoms with van der Waals surface area (Å²) in [6.45, 7) is 0.120. The van der Waals surface area contributed by atoms with Gasteiger partial charge < -0.3 is 15.2 Å². The second-order valence-corrected chi connectivity index (χ2v) is 4.36. The molecule has 1 aromatic carbocycles. The number of hydrogen-bond donors (Lipinski definition) is 2. The van der Waals surface area contributed by atoms with Gasteiger partial charge in [-0.1, -0.05) is 17.7 Å². The summed E-state index contributed by atoms with van der Waals surface area (Å²) in [6.07, 6.45) is 5.00. The zero-order valence-electron chi connectivity index (χ0n) is 10.6. The SMILES string of the molecule is C#CCC(NC(=O)CCOc1cccc(Cl)c1)C(=O)O. The molecular weight excluding hydrogens is 282 g/mol. The first-order chi connectivity index (χ1) is 9.52. The number of benzene rings is 1. The van der Waals surface area contributed by atoms with Crippen molar-refractivity contribution in [3.05, 3.63) is 29.3 Å². The highest BCUT2D eigenvalue weighted by Crippen LogP contribution is 2.17. The minimum atomic E-state index is -1.16. The number of carboxylic acid groups (broad SMARTS) is 1. The van der Waals surface area contributed by atoms with E-state index in [1.54, 1.807) is 24.3 Å². The number of halogens is 1. The molecule has 0 heterocycles. The predicted octanol–water partition coefficient (Wildman–Crippen LogP) is 1.70. The molecular formula is C14H14ClNO4. The Kier molecular flexibility index (Phi) is 6.41. The third-order valence-corrected chi connectivity index (χ3v) is 2.58. The van der Waals surface area contributed by atoms with E-state index < -0.39 is 17.9 Å². The predicted molar refractivity (Wildman–Crippen MR) is 74.6 cm³/mol. The zero-order chi connectivity index (χ0) is 15.0. The maximum absolute atomic E-state index is 11.5. The van der Waals surface area contributed by atoms with Crippen molar-refractivity contribution in [2.75, 3.05) is 6.61 Å². The molecule has 20 heavy (non-hydrogen) atoms. The van der Waals surface area contributed by atoms with Gasteiger partial charge in [0, 0.05) is 11.4 Å². The van der Waals surface area contributed by atoms with E-state index in [0.717, 1.165) is 0 Å². The van der Waals surface area contributed by atoms with Gasteiger partial charge in [-0.05, 0) is 18.2 Å². The maximum atomic E-state index is 11.5. The van der Waals surface area contributed by atoms with Crippen molar-refractivity contribution in [2.45, 2.75) is 18.9 Å². The number of ether oxygens (including phenoxy) is 1. The van der Waals surface area contributed by atoms with Crippen LogP contribution in [0.2, 0.25) is 5.02 Å². The summed E-state index contributed by atoms with van der Waals surface area (Å²) < 4.78 is 5.33. The average molecular weight is 296 g/mol. The minimum Gasteiger partial charge on any atom is -0.493 e. The van der Waals surface area contributed by atoms with Crippen molar-refractivity contribution >= 4 is 23.5 Å². The largest absolute Gasteiger partial charge is 0.493 e. The van der Waals surface area contributed by atoms with Gasteiger partial charge in [0.15, 0.2) is 0 Å². The van der Waals surface area contributed by atoms with E-state index in [1.807, 2.05) is 0 Å². The first-order valence-electron chi connectivity index (χ1n) is 5.87. The first-order valence-corrected chi connectivity index (χ1v) is 6.24. The number of carbonyl (C=O) groups excluding carboxylic acids is 1. The van der Waals surface area contributed by atoms with Crippen LogP contribution in [0.5, 0.6) is 5.75 Å². The van der Waals surface area contributed by atoms with Crippen LogP contribution in [-0.4, -0.2) is 29.6 Å². The van der Waals surface area contributed by atoms with Crippen molar-refractivity contribution < 1.29 is 19.4 Å². The third-order valence-electron chi connectivity index (χ3n) is 2.35. The molecule has 0 saturated carbocycles. The molecule has 5 nitrogen and oxygen atoms in total. The molecule has 106 valence electrons. The summed E-state index contributed by atoms with van der Waals surface area (Å²) >= 11 is 5.78. The van der Waals surface area contributed by atoms with Gasteiger partial charge in [-0.25, -0.2) is 4.79 Å². The Labute approximate surface area is 121 Å². The second kappa shape index (κ2) is 8.08. The van der Waals surface area contributed by atoms with Crippen LogP contribution in [0.4, 0.5) is 0 Å². The van der Waals surface area contributed by atoms with Crippen molar-refractivity contribution in [3.63, 3.8) is 0 Å². The maximum Gasteiger partial charge on any atom is 0.327 e. The fraction of sp³-hybridized carbons (Fsp3) is 0.286. The molecule has 0 aliphatic heterocycles. The number of amides is 1. The molecule has 2 N–H and O–H groups in total. The Morgan fingerprint density at radius 3 is 2.85 bits per heavy atom. The zero-order valence-corrected chi connectivity index (χ0v) is 11.4. The number of rotatable bonds is 7. The van der Waals surface area contributed by atoms with E-state index in [0.29, 0.717) is 10.8 Å². The van der Waals surface area contributed by atoms with Crippen LogP contribution in [-0.2, 0) is 9.59 Å². The first kappa shape index (κ1) is 15.9. The third kappa shape index (κ3) is 5.63. The number of terminal acetylenes is 1. The molecule has 0 fully saturated rings. The Morgan fingerprint density at radius 1 is 1.50 bits per heavy atom. The molecule has 1 aromatic rings. The molecule has 0 aliphatic carbocycles. The van der Waals surface area contributed by atoms with Crippen LogP contribution in [0.3, 0.4) is 0 Å². The smallest absolute Gasteiger partial charge is 0.327 e. The lowest BCUT2D eigenvalue weighted by atomic mass is 10.2. The van der Waals surface area contributed by atoms with Crippen molar-refractivity contribution in [3.8, 4) is 18.1 Å². The highest BCUT2D eigenvalue weighted by Gasteiger charge is 2.18. The van der Waals surface area contributed by atoms with Gasteiger partial charge in [0.1, 0.15) is 11.8 Å². The van der Waals surface area contributed by atoms with E-state index >= 15 is 0 Å². The molecule has 0 spiro atoms. The monoisotopic (exact) mass is 295 g/mol. The van der Waals surface area contributed by atoms with Crippen LogP contribution in [0, 0.1) is 12.3 Å². The molecule has 0 saturated heterocycles. The second-order valence-electron chi connectivity index (χ2n) is 3.92. The number of hydrogen-bond acceptors (Lipinski definition) is 3. The number of aliphatic carboxylic acids is 1. The number of nitrogens with one attached hydrogen (secondary N) is 1. The molecule has 6 heteroatoms. The van der Waals surface area contributed by atoms with E-state index in [2.05, 4.69) is 11.2 Å². The number of carboxylic acids is 1. The van der Waals surface area contributed by atoms with Crippen LogP contribution < -0.4 is 10.1 Å². The van der Waals surface area contributed by atoms with Crippen LogP contribution in [0.15, 0.2) is 24.3 Å². The van der Waals surface area contributed by atoms with Gasteiger partial charge in [0.2, 0.25) is 5.91 Å². The van der Waals surface area contributed by atoms with Gasteiger partial charge in [-0.3, -0.25) is 4.79 Å². The van der Waals surface area contributed by atoms with Crippen molar-refractivity contribution in [2.24, 2.45) is 0 Å². The highest BCUT2D eigenvalue weighted by atomic mass is 35.5. The highest BCUT2D eigenvalue weighted by molar-refractivity contribution is 6.30. The lowest BCUT2D eigenvalue weighted by Gasteiger charge is -2.12. The minimum absolute atomic E-state index is 0.0286. The summed E-state index contributed by atoms with van der Waals surface area (Å²) in [4.78, 5) is 22.3. The average Bonchev–Trinajstić information content (AvgIpc) is 2.38. The Balaban J connectivity index is 2.36. The lowest BCUT2D eigenvalue weighted by molar-refractivity contribution is -0.141. The van der Waals surface area contributed by atoms with E-state index in [9.17, 15) is 9.59 Å². The van der Waals surface area contributed by atoms with Gasteiger partial charge in [-0.2, -0.15) is 0 Å². The standard InChI is InChI=1S/C14H14ClNO4/c1-2-4-12(14(18)19)16-13(17)7-8-20-11-6-3-5-10(15)9-11/h1,3,5-6,9,12H,4,7-8H2,(H,16,17)(H,18,19). The van der Waals surface area contributed by atoms with Crippen LogP contribution in [0.25, 0.3) is 0 Å². The topological polar surface area (TPSA) is 75.6 Å².